The Morgan fingerprint density at radius 3 is 2.32 bits per heavy atom. The number of rotatable bonds is 5. The molecule has 0 bridgehead atoms. The second-order valence-electron chi connectivity index (χ2n) is 7.08. The largest absolute Gasteiger partial charge is 0.444 e. The van der Waals surface area contributed by atoms with Gasteiger partial charge in [-0.3, -0.25) is 0 Å². The van der Waals surface area contributed by atoms with E-state index in [1.165, 1.54) is 31.2 Å². The molecule has 1 N–H and O–H groups in total. The van der Waals surface area contributed by atoms with Crippen LogP contribution in [0.5, 0.6) is 0 Å². The van der Waals surface area contributed by atoms with Crippen molar-refractivity contribution in [3.63, 3.8) is 0 Å². The van der Waals surface area contributed by atoms with Crippen LogP contribution < -0.4 is 5.32 Å². The van der Waals surface area contributed by atoms with Gasteiger partial charge in [-0.15, -0.1) is 0 Å². The van der Waals surface area contributed by atoms with Crippen molar-refractivity contribution in [1.82, 2.24) is 5.32 Å². The van der Waals surface area contributed by atoms with Gasteiger partial charge in [-0.1, -0.05) is 19.1 Å². The molecule has 3 atom stereocenters. The lowest BCUT2D eigenvalue weighted by atomic mass is 10.1. The highest BCUT2D eigenvalue weighted by Gasteiger charge is 2.72. The maximum absolute atomic E-state index is 13.2. The van der Waals surface area contributed by atoms with Gasteiger partial charge in [0.25, 0.3) is 0 Å². The number of carbonyl (C=O) groups excluding carboxylic acids is 2. The molecule has 1 saturated carbocycles. The van der Waals surface area contributed by atoms with Crippen LogP contribution in [0.2, 0.25) is 0 Å². The average Bonchev–Trinajstić information content (AvgIpc) is 3.15. The van der Waals surface area contributed by atoms with Crippen molar-refractivity contribution in [3.8, 4) is 0 Å². The van der Waals surface area contributed by atoms with E-state index in [2.05, 4.69) is 5.32 Å². The molecule has 0 spiro atoms. The molecule has 1 fully saturated rings. The fourth-order valence-corrected chi connectivity index (χ4v) is 4.91. The number of halogens is 1. The number of benzene rings is 1. The SMILES string of the molecule is CCS(=O)(=O)[C@H]1[C@@H](c2ccc(F)cc2)[C@@]1(C=O)NC(=O)OC(C)(C)C. The standard InChI is InChI=1S/C17H22FNO5S/c1-5-25(22,23)14-13(11-6-8-12(18)9-7-11)17(14,10-20)19-15(21)24-16(2,3)4/h6-10,13-14H,5H2,1-4H3,(H,19,21)/t13-,14+,17-/m1/s1. The van der Waals surface area contributed by atoms with E-state index in [9.17, 15) is 22.4 Å². The van der Waals surface area contributed by atoms with Crippen molar-refractivity contribution < 1.29 is 27.1 Å². The zero-order chi connectivity index (χ0) is 19.0. The van der Waals surface area contributed by atoms with E-state index in [0.29, 0.717) is 11.8 Å². The highest BCUT2D eigenvalue weighted by atomic mass is 32.2. The van der Waals surface area contributed by atoms with Crippen LogP contribution >= 0.6 is 0 Å². The first-order valence-electron chi connectivity index (χ1n) is 7.91. The van der Waals surface area contributed by atoms with Crippen molar-refractivity contribution in [1.29, 1.82) is 0 Å². The van der Waals surface area contributed by atoms with Gasteiger partial charge in [-0.05, 0) is 38.5 Å². The first kappa shape index (κ1) is 19.4. The number of aldehydes is 1. The van der Waals surface area contributed by atoms with Crippen molar-refractivity contribution in [2.75, 3.05) is 5.75 Å². The summed E-state index contributed by atoms with van der Waals surface area (Å²) in [5.74, 6) is -1.44. The van der Waals surface area contributed by atoms with Gasteiger partial charge in [-0.25, -0.2) is 17.6 Å². The van der Waals surface area contributed by atoms with Crippen LogP contribution in [-0.4, -0.2) is 42.9 Å². The summed E-state index contributed by atoms with van der Waals surface area (Å²) in [6.45, 7) is 6.44. The zero-order valence-corrected chi connectivity index (χ0v) is 15.4. The lowest BCUT2D eigenvalue weighted by Crippen LogP contribution is -2.45. The molecule has 1 amide bonds. The Hall–Kier alpha value is -1.96. The van der Waals surface area contributed by atoms with Crippen LogP contribution in [0.15, 0.2) is 24.3 Å². The molecule has 8 heteroatoms. The summed E-state index contributed by atoms with van der Waals surface area (Å²) in [6.07, 6.45) is -0.441. The summed E-state index contributed by atoms with van der Waals surface area (Å²) in [5.41, 5.74) is -1.95. The van der Waals surface area contributed by atoms with Crippen molar-refractivity contribution >= 4 is 22.2 Å². The fraction of sp³-hybridized carbons (Fsp3) is 0.529. The maximum atomic E-state index is 13.2. The van der Waals surface area contributed by atoms with Crippen molar-refractivity contribution in [3.05, 3.63) is 35.6 Å². The lowest BCUT2D eigenvalue weighted by molar-refractivity contribution is -0.110. The molecule has 0 radical (unpaired) electrons. The van der Waals surface area contributed by atoms with Crippen LogP contribution in [0.25, 0.3) is 0 Å². The number of carbonyl (C=O) groups is 2. The second-order valence-corrected chi connectivity index (χ2v) is 9.49. The molecule has 6 nitrogen and oxygen atoms in total. The molecule has 1 aromatic rings. The van der Waals surface area contributed by atoms with Gasteiger partial charge < -0.3 is 14.8 Å². The molecule has 1 aliphatic rings. The minimum absolute atomic E-state index is 0.180. The number of hydrogen-bond acceptors (Lipinski definition) is 5. The van der Waals surface area contributed by atoms with Crippen LogP contribution in [-0.2, 0) is 19.4 Å². The summed E-state index contributed by atoms with van der Waals surface area (Å²) in [4.78, 5) is 23.9. The molecule has 0 unspecified atom stereocenters. The smallest absolute Gasteiger partial charge is 0.408 e. The molecular weight excluding hydrogens is 349 g/mol. The number of alkyl carbamates (subject to hydrolysis) is 1. The molecule has 2 rings (SSSR count). The van der Waals surface area contributed by atoms with E-state index >= 15 is 0 Å². The van der Waals surface area contributed by atoms with E-state index in [1.54, 1.807) is 20.8 Å². The molecule has 0 aliphatic heterocycles. The zero-order valence-electron chi connectivity index (χ0n) is 14.6. The number of sulfone groups is 1. The van der Waals surface area contributed by atoms with Crippen molar-refractivity contribution in [2.45, 2.75) is 50.0 Å². The van der Waals surface area contributed by atoms with Crippen LogP contribution in [0.4, 0.5) is 9.18 Å². The summed E-state index contributed by atoms with van der Waals surface area (Å²) >= 11 is 0. The van der Waals surface area contributed by atoms with E-state index in [-0.39, 0.29) is 5.75 Å². The van der Waals surface area contributed by atoms with E-state index < -0.39 is 44.1 Å². The number of nitrogens with one attached hydrogen (secondary N) is 1. The topological polar surface area (TPSA) is 89.5 Å². The molecular formula is C17H22FNO5S. The molecule has 138 valence electrons. The quantitative estimate of drug-likeness (QED) is 0.802. The maximum Gasteiger partial charge on any atom is 0.408 e. The third-order valence-electron chi connectivity index (χ3n) is 4.11. The Morgan fingerprint density at radius 2 is 1.88 bits per heavy atom. The predicted molar refractivity (Wildman–Crippen MR) is 90.6 cm³/mol. The molecule has 0 saturated heterocycles. The molecule has 1 aromatic carbocycles. The Labute approximate surface area is 146 Å². The minimum Gasteiger partial charge on any atom is -0.444 e. The summed E-state index contributed by atoms with van der Waals surface area (Å²) in [5, 5.41) is 1.31. The number of amides is 1. The Morgan fingerprint density at radius 1 is 1.32 bits per heavy atom. The Bertz CT molecular complexity index is 769. The Kier molecular flexibility index (Phi) is 4.96. The first-order valence-corrected chi connectivity index (χ1v) is 9.63. The molecule has 0 heterocycles. The van der Waals surface area contributed by atoms with Crippen LogP contribution in [0.3, 0.4) is 0 Å². The predicted octanol–water partition coefficient (Wildman–Crippen LogP) is 2.19. The van der Waals surface area contributed by atoms with Crippen LogP contribution in [0, 0.1) is 5.82 Å². The molecule has 25 heavy (non-hydrogen) atoms. The van der Waals surface area contributed by atoms with Gasteiger partial charge in [-0.2, -0.15) is 0 Å². The average molecular weight is 371 g/mol. The molecule has 0 aromatic heterocycles. The summed E-state index contributed by atoms with van der Waals surface area (Å²) in [7, 11) is -3.64. The van der Waals surface area contributed by atoms with Gasteiger partial charge in [0.05, 0.1) is 0 Å². The first-order chi connectivity index (χ1) is 11.5. The normalized spacial score (nSPS) is 26.0. The Balaban J connectivity index is 2.40. The summed E-state index contributed by atoms with van der Waals surface area (Å²) in [6, 6.07) is 5.21. The third kappa shape index (κ3) is 3.84. The number of ether oxygens (including phenoxy) is 1. The van der Waals surface area contributed by atoms with Gasteiger partial charge in [0.2, 0.25) is 0 Å². The van der Waals surface area contributed by atoms with Gasteiger partial charge in [0, 0.05) is 11.7 Å². The van der Waals surface area contributed by atoms with Gasteiger partial charge in [0.1, 0.15) is 28.5 Å². The highest BCUT2D eigenvalue weighted by molar-refractivity contribution is 7.92. The van der Waals surface area contributed by atoms with E-state index in [4.69, 9.17) is 4.74 Å². The van der Waals surface area contributed by atoms with E-state index in [1.807, 2.05) is 0 Å². The monoisotopic (exact) mass is 371 g/mol. The van der Waals surface area contributed by atoms with Gasteiger partial charge in [0.15, 0.2) is 9.84 Å². The van der Waals surface area contributed by atoms with Gasteiger partial charge >= 0.3 is 6.09 Å². The molecule has 1 aliphatic carbocycles. The van der Waals surface area contributed by atoms with E-state index in [0.717, 1.165) is 0 Å². The van der Waals surface area contributed by atoms with Crippen LogP contribution in [0.1, 0.15) is 39.2 Å². The fourth-order valence-electron chi connectivity index (χ4n) is 2.98. The lowest BCUT2D eigenvalue weighted by Gasteiger charge is -2.22. The summed E-state index contributed by atoms with van der Waals surface area (Å²) < 4.78 is 43.2. The number of hydrogen-bond donors (Lipinski definition) is 1. The second kappa shape index (κ2) is 6.40. The third-order valence-corrected chi connectivity index (χ3v) is 6.35. The highest BCUT2D eigenvalue weighted by Crippen LogP contribution is 2.55. The minimum atomic E-state index is -3.64. The van der Waals surface area contributed by atoms with Crippen molar-refractivity contribution in [2.24, 2.45) is 0 Å².